The highest BCUT2D eigenvalue weighted by atomic mass is 35.5. The number of ether oxygens (including phenoxy) is 1. The van der Waals surface area contributed by atoms with Crippen LogP contribution in [0.1, 0.15) is 56.9 Å². The van der Waals surface area contributed by atoms with Crippen LogP contribution in [-0.4, -0.2) is 30.7 Å². The molecule has 35 heavy (non-hydrogen) atoms. The van der Waals surface area contributed by atoms with E-state index < -0.39 is 0 Å². The first kappa shape index (κ1) is 29.5. The number of halogens is 3. The third kappa shape index (κ3) is 8.15. The lowest BCUT2D eigenvalue weighted by atomic mass is 9.85. The monoisotopic (exact) mass is 533 g/mol. The van der Waals surface area contributed by atoms with Crippen LogP contribution in [0.15, 0.2) is 66.7 Å². The minimum atomic E-state index is 0. The van der Waals surface area contributed by atoms with Crippen molar-refractivity contribution in [1.82, 2.24) is 0 Å². The lowest BCUT2D eigenvalue weighted by Gasteiger charge is -2.37. The van der Waals surface area contributed by atoms with Gasteiger partial charge in [0, 0.05) is 22.0 Å². The van der Waals surface area contributed by atoms with Crippen LogP contribution in [0.4, 0.5) is 0 Å². The summed E-state index contributed by atoms with van der Waals surface area (Å²) in [5, 5.41) is 1.34. The lowest BCUT2D eigenvalue weighted by Crippen LogP contribution is -3.00. The Balaban J connectivity index is 0.00000432. The van der Waals surface area contributed by atoms with Gasteiger partial charge in [-0.05, 0) is 54.2 Å². The first-order valence-electron chi connectivity index (χ1n) is 12.2. The summed E-state index contributed by atoms with van der Waals surface area (Å²) in [7, 11) is 0. The molecule has 0 aliphatic heterocycles. The highest BCUT2D eigenvalue weighted by molar-refractivity contribution is 6.35. The van der Waals surface area contributed by atoms with Gasteiger partial charge in [-0.25, -0.2) is 0 Å². The summed E-state index contributed by atoms with van der Waals surface area (Å²) in [5.74, 6) is 0.934. The van der Waals surface area contributed by atoms with Gasteiger partial charge in [-0.1, -0.05) is 92.5 Å². The van der Waals surface area contributed by atoms with Crippen molar-refractivity contribution >= 4 is 23.2 Å². The summed E-state index contributed by atoms with van der Waals surface area (Å²) in [4.78, 5) is 0. The molecule has 0 aliphatic carbocycles. The van der Waals surface area contributed by atoms with Crippen LogP contribution in [0.2, 0.25) is 10.0 Å². The molecule has 0 fully saturated rings. The van der Waals surface area contributed by atoms with E-state index in [1.165, 1.54) is 11.1 Å². The van der Waals surface area contributed by atoms with E-state index in [2.05, 4.69) is 83.1 Å². The topological polar surface area (TPSA) is 9.23 Å². The number of nitrogens with zero attached hydrogens (tertiary/aromatic N) is 1. The van der Waals surface area contributed by atoms with Gasteiger partial charge in [0.1, 0.15) is 25.4 Å². The molecular weight excluding hydrogens is 497 g/mol. The summed E-state index contributed by atoms with van der Waals surface area (Å²) < 4.78 is 7.46. The molecule has 5 heteroatoms. The third-order valence-corrected chi connectivity index (χ3v) is 7.44. The fourth-order valence-electron chi connectivity index (χ4n) is 4.36. The molecule has 3 aromatic carbocycles. The summed E-state index contributed by atoms with van der Waals surface area (Å²) in [5.41, 5.74) is 4.93. The van der Waals surface area contributed by atoms with E-state index in [-0.39, 0.29) is 17.8 Å². The van der Waals surface area contributed by atoms with Gasteiger partial charge in [-0.15, -0.1) is 0 Å². The molecule has 0 saturated carbocycles. The lowest BCUT2D eigenvalue weighted by molar-refractivity contribution is -0.937. The molecule has 0 aromatic heterocycles. The van der Waals surface area contributed by atoms with Crippen LogP contribution >= 0.6 is 23.2 Å². The Hall–Kier alpha value is -1.71. The van der Waals surface area contributed by atoms with Crippen molar-refractivity contribution in [3.05, 3.63) is 99.0 Å². The van der Waals surface area contributed by atoms with Gasteiger partial charge in [-0.2, -0.15) is 0 Å². The summed E-state index contributed by atoms with van der Waals surface area (Å²) in [6.07, 6.45) is 0.709. The second-order valence-electron chi connectivity index (χ2n) is 10.2. The number of quaternary nitrogens is 1. The van der Waals surface area contributed by atoms with Gasteiger partial charge in [0.2, 0.25) is 0 Å². The van der Waals surface area contributed by atoms with Gasteiger partial charge >= 0.3 is 0 Å². The molecule has 0 amide bonds. The summed E-state index contributed by atoms with van der Waals surface area (Å²) in [6, 6.07) is 23.1. The van der Waals surface area contributed by atoms with Crippen LogP contribution in [-0.2, 0) is 18.4 Å². The average Bonchev–Trinajstić information content (AvgIpc) is 2.81. The van der Waals surface area contributed by atoms with E-state index in [9.17, 15) is 0 Å². The zero-order chi connectivity index (χ0) is 24.8. The number of hydrogen-bond donors (Lipinski definition) is 0. The maximum Gasteiger partial charge on any atom is 0.137 e. The first-order valence-corrected chi connectivity index (χ1v) is 13.0. The van der Waals surface area contributed by atoms with Crippen molar-refractivity contribution in [3.63, 3.8) is 0 Å². The second kappa shape index (κ2) is 13.0. The van der Waals surface area contributed by atoms with Crippen molar-refractivity contribution in [1.29, 1.82) is 0 Å². The van der Waals surface area contributed by atoms with Gasteiger partial charge < -0.3 is 21.6 Å². The number of likely N-dealkylation sites (N-methyl/N-ethyl adjacent to an activating group) is 1. The largest absolute Gasteiger partial charge is 1.00 e. The maximum atomic E-state index is 6.51. The van der Waals surface area contributed by atoms with E-state index in [1.54, 1.807) is 0 Å². The maximum absolute atomic E-state index is 6.51. The van der Waals surface area contributed by atoms with E-state index >= 15 is 0 Å². The number of benzene rings is 3. The molecule has 0 bridgehead atoms. The minimum Gasteiger partial charge on any atom is -1.00 e. The smallest absolute Gasteiger partial charge is 0.137 e. The molecule has 0 aliphatic rings. The van der Waals surface area contributed by atoms with Crippen molar-refractivity contribution in [2.75, 3.05) is 26.2 Å². The SMILES string of the molecule is CC[N+](CC)(CCOc1ccc(C(C)(C)C)cc1Cc1ccc(Cl)cc1Cl)Cc1ccccc1.[Cl-]. The Morgan fingerprint density at radius 3 is 2.11 bits per heavy atom. The van der Waals surface area contributed by atoms with Gasteiger partial charge in [-0.3, -0.25) is 0 Å². The van der Waals surface area contributed by atoms with Crippen molar-refractivity contribution in [3.8, 4) is 5.75 Å². The van der Waals surface area contributed by atoms with Crippen LogP contribution in [0.5, 0.6) is 5.75 Å². The Bertz CT molecular complexity index is 1070. The van der Waals surface area contributed by atoms with Crippen LogP contribution in [0.25, 0.3) is 0 Å². The highest BCUT2D eigenvalue weighted by Crippen LogP contribution is 2.32. The Kier molecular flexibility index (Phi) is 11.0. The predicted octanol–water partition coefficient (Wildman–Crippen LogP) is 5.32. The fourth-order valence-corrected chi connectivity index (χ4v) is 4.83. The fraction of sp³-hybridized carbons (Fsp3) is 0.400. The number of rotatable bonds is 10. The Labute approximate surface area is 228 Å². The van der Waals surface area contributed by atoms with Crippen LogP contribution < -0.4 is 17.1 Å². The van der Waals surface area contributed by atoms with Crippen LogP contribution in [0, 0.1) is 0 Å². The summed E-state index contributed by atoms with van der Waals surface area (Å²) in [6.45, 7) is 16.1. The molecule has 3 aromatic rings. The molecule has 2 nitrogen and oxygen atoms in total. The van der Waals surface area contributed by atoms with Crippen molar-refractivity contribution in [2.24, 2.45) is 0 Å². The average molecular weight is 535 g/mol. The van der Waals surface area contributed by atoms with E-state index in [0.29, 0.717) is 23.1 Å². The van der Waals surface area contributed by atoms with Gasteiger partial charge in [0.15, 0.2) is 0 Å². The van der Waals surface area contributed by atoms with Crippen molar-refractivity contribution < 1.29 is 21.6 Å². The molecule has 0 radical (unpaired) electrons. The van der Waals surface area contributed by atoms with Crippen LogP contribution in [0.3, 0.4) is 0 Å². The minimum absolute atomic E-state index is 0. The highest BCUT2D eigenvalue weighted by Gasteiger charge is 2.24. The summed E-state index contributed by atoms with van der Waals surface area (Å²) >= 11 is 12.6. The van der Waals surface area contributed by atoms with E-state index in [1.807, 2.05) is 18.2 Å². The van der Waals surface area contributed by atoms with Crippen molar-refractivity contribution in [2.45, 2.75) is 53.0 Å². The van der Waals surface area contributed by atoms with Gasteiger partial charge in [0.05, 0.1) is 13.1 Å². The Morgan fingerprint density at radius 1 is 0.829 bits per heavy atom. The zero-order valence-electron chi connectivity index (χ0n) is 21.6. The number of hydrogen-bond acceptors (Lipinski definition) is 1. The second-order valence-corrected chi connectivity index (χ2v) is 11.0. The third-order valence-electron chi connectivity index (χ3n) is 6.85. The molecule has 190 valence electrons. The molecule has 0 N–H and O–H groups in total. The molecule has 0 heterocycles. The standard InChI is InChI=1S/C30H38Cl2NO.ClH/c1-6-33(7-2,22-23-11-9-8-10-12-23)17-18-34-29-16-14-26(30(3,4)5)20-25(29)19-24-13-15-27(31)21-28(24)32;/h8-16,20-21H,6-7,17-19,22H2,1-5H3;1H/q+1;/p-1. The molecule has 0 spiro atoms. The quantitative estimate of drug-likeness (QED) is 0.320. The zero-order valence-corrected chi connectivity index (χ0v) is 23.9. The first-order chi connectivity index (χ1) is 16.2. The normalized spacial score (nSPS) is 11.7. The molecule has 0 unspecified atom stereocenters. The molecule has 0 atom stereocenters. The predicted molar refractivity (Wildman–Crippen MR) is 146 cm³/mol. The Morgan fingerprint density at radius 2 is 1.51 bits per heavy atom. The van der Waals surface area contributed by atoms with E-state index in [4.69, 9.17) is 27.9 Å². The molecular formula is C30H38Cl3NO. The van der Waals surface area contributed by atoms with E-state index in [0.717, 1.165) is 47.5 Å². The molecule has 0 saturated heterocycles. The van der Waals surface area contributed by atoms with Gasteiger partial charge in [0.25, 0.3) is 0 Å². The molecule has 3 rings (SSSR count).